The number of aliphatic hydroxyl groups excluding tert-OH is 1. The fraction of sp³-hybridized carbons (Fsp3) is 0.438. The smallest absolute Gasteiger partial charge is 0.167 e. The maximum atomic E-state index is 15.0. The van der Waals surface area contributed by atoms with Crippen LogP contribution in [0.5, 0.6) is 5.75 Å². The normalized spacial score (nSPS) is 11.1. The van der Waals surface area contributed by atoms with E-state index in [9.17, 15) is 0 Å². The zero-order valence-corrected chi connectivity index (χ0v) is 21.6. The number of hydrogen-bond acceptors (Lipinski definition) is 2. The monoisotopic (exact) mass is 494 g/mol. The summed E-state index contributed by atoms with van der Waals surface area (Å²) in [6.07, 6.45) is 12.2. The second kappa shape index (κ2) is 15.4. The zero-order valence-electron chi connectivity index (χ0n) is 21.6. The van der Waals surface area contributed by atoms with E-state index in [4.69, 9.17) is 9.84 Å². The lowest BCUT2D eigenvalue weighted by atomic mass is 9.97. The van der Waals surface area contributed by atoms with Gasteiger partial charge in [0, 0.05) is 17.7 Å². The van der Waals surface area contributed by atoms with Crippen molar-refractivity contribution in [1.29, 1.82) is 0 Å². The number of benzene rings is 3. The van der Waals surface area contributed by atoms with E-state index in [0.717, 1.165) is 57.1 Å². The summed E-state index contributed by atoms with van der Waals surface area (Å²) in [6, 6.07) is 18.3. The van der Waals surface area contributed by atoms with Gasteiger partial charge in [-0.25, -0.2) is 8.78 Å². The molecule has 0 aromatic heterocycles. The van der Waals surface area contributed by atoms with E-state index in [1.165, 1.54) is 24.8 Å². The minimum atomic E-state index is -0.828. The van der Waals surface area contributed by atoms with Gasteiger partial charge in [-0.3, -0.25) is 0 Å². The summed E-state index contributed by atoms with van der Waals surface area (Å²) in [7, 11) is 0. The number of rotatable bonds is 16. The molecule has 1 N–H and O–H groups in total. The van der Waals surface area contributed by atoms with Crippen molar-refractivity contribution in [1.82, 2.24) is 0 Å². The summed E-state index contributed by atoms with van der Waals surface area (Å²) in [6.45, 7) is 3.10. The summed E-state index contributed by atoms with van der Waals surface area (Å²) < 4.78 is 35.9. The zero-order chi connectivity index (χ0) is 25.6. The van der Waals surface area contributed by atoms with Crippen LogP contribution in [0.2, 0.25) is 0 Å². The molecule has 0 aliphatic rings. The highest BCUT2D eigenvalue weighted by Gasteiger charge is 2.16. The third-order valence-corrected chi connectivity index (χ3v) is 6.65. The fourth-order valence-electron chi connectivity index (χ4n) is 4.44. The first-order valence-electron chi connectivity index (χ1n) is 13.6. The first kappa shape index (κ1) is 27.9. The summed E-state index contributed by atoms with van der Waals surface area (Å²) in [5.74, 6) is -0.917. The minimum Gasteiger partial charge on any atom is -0.494 e. The van der Waals surface area contributed by atoms with Crippen molar-refractivity contribution in [3.05, 3.63) is 77.9 Å². The number of unbranched alkanes of at least 4 members (excludes halogenated alkanes) is 8. The molecule has 3 rings (SSSR count). The second-order valence-corrected chi connectivity index (χ2v) is 9.51. The molecule has 0 spiro atoms. The molecule has 4 heteroatoms. The molecule has 0 unspecified atom stereocenters. The van der Waals surface area contributed by atoms with Gasteiger partial charge < -0.3 is 9.84 Å². The summed E-state index contributed by atoms with van der Waals surface area (Å²) in [4.78, 5) is 0. The first-order valence-corrected chi connectivity index (χ1v) is 13.6. The summed E-state index contributed by atoms with van der Waals surface area (Å²) in [5, 5.41) is 8.80. The van der Waals surface area contributed by atoms with Crippen LogP contribution in [0, 0.1) is 11.6 Å². The van der Waals surface area contributed by atoms with E-state index in [-0.39, 0.29) is 17.7 Å². The molecular formula is C32H40F2O2. The van der Waals surface area contributed by atoms with Crippen LogP contribution in [-0.4, -0.2) is 18.3 Å². The van der Waals surface area contributed by atoms with E-state index in [1.807, 2.05) is 24.3 Å². The Labute approximate surface area is 215 Å². The molecule has 0 saturated carbocycles. The van der Waals surface area contributed by atoms with Crippen molar-refractivity contribution >= 4 is 0 Å². The third kappa shape index (κ3) is 8.44. The van der Waals surface area contributed by atoms with Crippen LogP contribution >= 0.6 is 0 Å². The van der Waals surface area contributed by atoms with Gasteiger partial charge in [0.2, 0.25) is 0 Å². The molecule has 36 heavy (non-hydrogen) atoms. The van der Waals surface area contributed by atoms with E-state index < -0.39 is 11.6 Å². The van der Waals surface area contributed by atoms with Gasteiger partial charge in [-0.2, -0.15) is 0 Å². The Morgan fingerprint density at radius 2 is 1.14 bits per heavy atom. The fourth-order valence-corrected chi connectivity index (χ4v) is 4.44. The molecule has 3 aromatic rings. The summed E-state index contributed by atoms with van der Waals surface area (Å²) in [5.41, 5.74) is 3.07. The molecule has 0 fully saturated rings. The average Bonchev–Trinajstić information content (AvgIpc) is 2.91. The Kier molecular flexibility index (Phi) is 11.9. The molecule has 3 aromatic carbocycles. The minimum absolute atomic E-state index is 0.248. The number of aliphatic hydroxyl groups is 1. The van der Waals surface area contributed by atoms with Crippen LogP contribution in [-0.2, 0) is 6.42 Å². The van der Waals surface area contributed by atoms with Crippen molar-refractivity contribution in [3.63, 3.8) is 0 Å². The van der Waals surface area contributed by atoms with Crippen LogP contribution in [0.1, 0.15) is 76.7 Å². The van der Waals surface area contributed by atoms with Crippen LogP contribution in [0.3, 0.4) is 0 Å². The quantitative estimate of drug-likeness (QED) is 0.201. The number of halogens is 2. The summed E-state index contributed by atoms with van der Waals surface area (Å²) >= 11 is 0. The molecule has 0 aliphatic carbocycles. The first-order chi connectivity index (χ1) is 17.6. The lowest BCUT2D eigenvalue weighted by molar-refractivity contribution is 0.280. The van der Waals surface area contributed by atoms with E-state index in [1.54, 1.807) is 36.4 Å². The Hall–Kier alpha value is -2.72. The third-order valence-electron chi connectivity index (χ3n) is 6.65. The van der Waals surface area contributed by atoms with Crippen molar-refractivity contribution in [2.24, 2.45) is 0 Å². The van der Waals surface area contributed by atoms with Crippen LogP contribution < -0.4 is 4.74 Å². The number of aryl methyl sites for hydroxylation is 1. The van der Waals surface area contributed by atoms with Crippen LogP contribution in [0.4, 0.5) is 8.78 Å². The Balaban J connectivity index is 1.55. The van der Waals surface area contributed by atoms with Gasteiger partial charge in [-0.1, -0.05) is 100 Å². The average molecular weight is 495 g/mol. The van der Waals surface area contributed by atoms with Gasteiger partial charge in [0.25, 0.3) is 0 Å². The largest absolute Gasteiger partial charge is 0.494 e. The molecule has 0 atom stereocenters. The molecule has 0 radical (unpaired) electrons. The van der Waals surface area contributed by atoms with Gasteiger partial charge in [0.05, 0.1) is 6.61 Å². The molecule has 0 amide bonds. The maximum absolute atomic E-state index is 15.0. The van der Waals surface area contributed by atoms with Crippen molar-refractivity contribution < 1.29 is 18.6 Å². The number of ether oxygens (including phenoxy) is 1. The molecule has 0 saturated heterocycles. The van der Waals surface area contributed by atoms with Crippen LogP contribution in [0.25, 0.3) is 22.3 Å². The highest BCUT2D eigenvalue weighted by Crippen LogP contribution is 2.32. The van der Waals surface area contributed by atoms with E-state index >= 15 is 8.78 Å². The SMILES string of the molecule is CCCCCCc1ccc(-c2ccc(-c3ccc(OCCCCCCCCO)cc3)c(F)c2F)cc1. The predicted octanol–water partition coefficient (Wildman–Crippen LogP) is 9.13. The van der Waals surface area contributed by atoms with Crippen molar-refractivity contribution in [2.75, 3.05) is 13.2 Å². The Morgan fingerprint density at radius 1 is 0.611 bits per heavy atom. The molecule has 0 bridgehead atoms. The molecule has 0 aliphatic heterocycles. The number of hydrogen-bond donors (Lipinski definition) is 1. The van der Waals surface area contributed by atoms with Gasteiger partial charge in [-0.15, -0.1) is 0 Å². The highest BCUT2D eigenvalue weighted by molar-refractivity contribution is 5.72. The Bertz CT molecular complexity index is 1030. The van der Waals surface area contributed by atoms with Crippen molar-refractivity contribution in [2.45, 2.75) is 77.6 Å². The second-order valence-electron chi connectivity index (χ2n) is 9.51. The van der Waals surface area contributed by atoms with Gasteiger partial charge in [-0.05, 0) is 54.5 Å². The van der Waals surface area contributed by atoms with Gasteiger partial charge >= 0.3 is 0 Å². The highest BCUT2D eigenvalue weighted by atomic mass is 19.2. The van der Waals surface area contributed by atoms with Gasteiger partial charge in [0.1, 0.15) is 5.75 Å². The predicted molar refractivity (Wildman–Crippen MR) is 145 cm³/mol. The molecule has 0 heterocycles. The maximum Gasteiger partial charge on any atom is 0.167 e. The standard InChI is InChI=1S/C32H40F2O2/c1-2-3-4-9-12-25-13-15-26(16-14-25)29-21-22-30(32(34)31(29)33)27-17-19-28(20-18-27)36-24-11-8-6-5-7-10-23-35/h13-22,35H,2-12,23-24H2,1H3. The lowest BCUT2D eigenvalue weighted by Crippen LogP contribution is -1.98. The topological polar surface area (TPSA) is 29.5 Å². The molecular weight excluding hydrogens is 454 g/mol. The van der Waals surface area contributed by atoms with Gasteiger partial charge in [0.15, 0.2) is 11.6 Å². The Morgan fingerprint density at radius 3 is 1.72 bits per heavy atom. The van der Waals surface area contributed by atoms with E-state index in [2.05, 4.69) is 6.92 Å². The lowest BCUT2D eigenvalue weighted by Gasteiger charge is -2.11. The van der Waals surface area contributed by atoms with E-state index in [0.29, 0.717) is 17.7 Å². The molecule has 194 valence electrons. The van der Waals surface area contributed by atoms with Crippen molar-refractivity contribution in [3.8, 4) is 28.0 Å². The van der Waals surface area contributed by atoms with Crippen LogP contribution in [0.15, 0.2) is 60.7 Å². The molecule has 2 nitrogen and oxygen atoms in total.